The van der Waals surface area contributed by atoms with Gasteiger partial charge < -0.3 is 10.4 Å². The van der Waals surface area contributed by atoms with E-state index in [1.165, 1.54) is 0 Å². The average Bonchev–Trinajstić information content (AvgIpc) is 2.26. The Bertz CT molecular complexity index is 271. The molecule has 1 unspecified atom stereocenters. The predicted octanol–water partition coefficient (Wildman–Crippen LogP) is 2.35. The van der Waals surface area contributed by atoms with Gasteiger partial charge in [0.25, 0.3) is 0 Å². The fourth-order valence-corrected chi connectivity index (χ4v) is 1.45. The van der Waals surface area contributed by atoms with Gasteiger partial charge in [-0.25, -0.2) is 0 Å². The van der Waals surface area contributed by atoms with Crippen molar-refractivity contribution in [2.24, 2.45) is 5.92 Å². The van der Waals surface area contributed by atoms with Crippen LogP contribution in [-0.4, -0.2) is 17.8 Å². The average molecular weight is 207 g/mol. The third kappa shape index (κ3) is 3.65. The first kappa shape index (κ1) is 12.2. The molecule has 0 heterocycles. The van der Waals surface area contributed by atoms with E-state index in [2.05, 4.69) is 26.1 Å². The zero-order valence-electron chi connectivity index (χ0n) is 9.77. The van der Waals surface area contributed by atoms with E-state index in [0.29, 0.717) is 12.0 Å². The lowest BCUT2D eigenvalue weighted by molar-refractivity contribution is 0.225. The summed E-state index contributed by atoms with van der Waals surface area (Å²) in [6, 6.07) is 10.5. The summed E-state index contributed by atoms with van der Waals surface area (Å²) in [5.41, 5.74) is 1.15. The first-order valence-corrected chi connectivity index (χ1v) is 5.57. The largest absolute Gasteiger partial charge is 0.394 e. The normalized spacial score (nSPS) is 15.3. The van der Waals surface area contributed by atoms with Crippen LogP contribution in [0.5, 0.6) is 0 Å². The SMILES string of the molecule is CC(C)C(C)N[C@H](CO)c1ccccc1. The molecule has 0 saturated heterocycles. The Hall–Kier alpha value is -0.860. The van der Waals surface area contributed by atoms with E-state index in [4.69, 9.17) is 0 Å². The molecule has 2 atom stereocenters. The minimum atomic E-state index is 0.0450. The van der Waals surface area contributed by atoms with Crippen molar-refractivity contribution in [1.82, 2.24) is 5.32 Å². The van der Waals surface area contributed by atoms with Crippen LogP contribution in [0.15, 0.2) is 30.3 Å². The van der Waals surface area contributed by atoms with Gasteiger partial charge in [0, 0.05) is 6.04 Å². The lowest BCUT2D eigenvalue weighted by Crippen LogP contribution is -2.35. The van der Waals surface area contributed by atoms with Gasteiger partial charge in [-0.15, -0.1) is 0 Å². The highest BCUT2D eigenvalue weighted by atomic mass is 16.3. The second-order valence-electron chi connectivity index (χ2n) is 4.35. The molecule has 0 saturated carbocycles. The van der Waals surface area contributed by atoms with Crippen LogP contribution < -0.4 is 5.32 Å². The molecule has 0 aliphatic heterocycles. The number of rotatable bonds is 5. The second kappa shape index (κ2) is 5.89. The number of aliphatic hydroxyl groups excluding tert-OH is 1. The van der Waals surface area contributed by atoms with Gasteiger partial charge >= 0.3 is 0 Å². The molecule has 84 valence electrons. The molecule has 0 radical (unpaired) electrons. The Morgan fingerprint density at radius 2 is 1.73 bits per heavy atom. The maximum Gasteiger partial charge on any atom is 0.0626 e. The Morgan fingerprint density at radius 3 is 2.20 bits per heavy atom. The van der Waals surface area contributed by atoms with Crippen molar-refractivity contribution in [1.29, 1.82) is 0 Å². The number of aliphatic hydroxyl groups is 1. The summed E-state index contributed by atoms with van der Waals surface area (Å²) in [4.78, 5) is 0. The zero-order chi connectivity index (χ0) is 11.3. The summed E-state index contributed by atoms with van der Waals surface area (Å²) in [6.45, 7) is 6.64. The van der Waals surface area contributed by atoms with E-state index < -0.39 is 0 Å². The molecule has 0 amide bonds. The van der Waals surface area contributed by atoms with Crippen molar-refractivity contribution in [3.05, 3.63) is 35.9 Å². The maximum atomic E-state index is 9.35. The van der Waals surface area contributed by atoms with Crippen molar-refractivity contribution in [3.8, 4) is 0 Å². The highest BCUT2D eigenvalue weighted by Crippen LogP contribution is 2.14. The molecule has 0 bridgehead atoms. The lowest BCUT2D eigenvalue weighted by atomic mass is 10.0. The van der Waals surface area contributed by atoms with E-state index >= 15 is 0 Å². The Kier molecular flexibility index (Phi) is 4.79. The summed E-state index contributed by atoms with van der Waals surface area (Å²) in [5, 5.41) is 12.8. The van der Waals surface area contributed by atoms with Crippen LogP contribution in [0.1, 0.15) is 32.4 Å². The van der Waals surface area contributed by atoms with Crippen LogP contribution in [0.4, 0.5) is 0 Å². The summed E-state index contributed by atoms with van der Waals surface area (Å²) in [7, 11) is 0. The minimum Gasteiger partial charge on any atom is -0.394 e. The first-order valence-electron chi connectivity index (χ1n) is 5.57. The highest BCUT2D eigenvalue weighted by molar-refractivity contribution is 5.19. The topological polar surface area (TPSA) is 32.3 Å². The molecule has 1 aromatic carbocycles. The van der Waals surface area contributed by atoms with Gasteiger partial charge in [-0.3, -0.25) is 0 Å². The smallest absolute Gasteiger partial charge is 0.0626 e. The van der Waals surface area contributed by atoms with Crippen molar-refractivity contribution < 1.29 is 5.11 Å². The number of nitrogens with one attached hydrogen (secondary N) is 1. The van der Waals surface area contributed by atoms with E-state index in [0.717, 1.165) is 5.56 Å². The standard InChI is InChI=1S/C13H21NO/c1-10(2)11(3)14-13(9-15)12-7-5-4-6-8-12/h4-8,10-11,13-15H,9H2,1-3H3/t11?,13-/m1/s1. The molecule has 1 aromatic rings. The van der Waals surface area contributed by atoms with Crippen molar-refractivity contribution >= 4 is 0 Å². The third-order valence-corrected chi connectivity index (χ3v) is 2.85. The Balaban J connectivity index is 2.65. The van der Waals surface area contributed by atoms with Gasteiger partial charge in [0.15, 0.2) is 0 Å². The molecule has 0 aliphatic carbocycles. The van der Waals surface area contributed by atoms with Crippen molar-refractivity contribution in [3.63, 3.8) is 0 Å². The van der Waals surface area contributed by atoms with Gasteiger partial charge in [-0.1, -0.05) is 44.2 Å². The monoisotopic (exact) mass is 207 g/mol. The van der Waals surface area contributed by atoms with E-state index in [-0.39, 0.29) is 12.6 Å². The van der Waals surface area contributed by atoms with Gasteiger partial charge in [0.1, 0.15) is 0 Å². The Morgan fingerprint density at radius 1 is 1.13 bits per heavy atom. The molecule has 0 spiro atoms. The van der Waals surface area contributed by atoms with Crippen LogP contribution in [0.25, 0.3) is 0 Å². The second-order valence-corrected chi connectivity index (χ2v) is 4.35. The molecule has 0 fully saturated rings. The van der Waals surface area contributed by atoms with Crippen LogP contribution in [-0.2, 0) is 0 Å². The van der Waals surface area contributed by atoms with E-state index in [9.17, 15) is 5.11 Å². The van der Waals surface area contributed by atoms with Gasteiger partial charge in [-0.05, 0) is 18.4 Å². The van der Waals surface area contributed by atoms with Crippen LogP contribution in [0, 0.1) is 5.92 Å². The molecular formula is C13H21NO. The van der Waals surface area contributed by atoms with Crippen molar-refractivity contribution in [2.75, 3.05) is 6.61 Å². The molecule has 15 heavy (non-hydrogen) atoms. The molecule has 2 heteroatoms. The number of benzene rings is 1. The van der Waals surface area contributed by atoms with Gasteiger partial charge in [-0.2, -0.15) is 0 Å². The number of hydrogen-bond donors (Lipinski definition) is 2. The summed E-state index contributed by atoms with van der Waals surface area (Å²) in [6.07, 6.45) is 0. The van der Waals surface area contributed by atoms with Crippen LogP contribution >= 0.6 is 0 Å². The quantitative estimate of drug-likeness (QED) is 0.777. The maximum absolute atomic E-state index is 9.35. The minimum absolute atomic E-state index is 0.0450. The third-order valence-electron chi connectivity index (χ3n) is 2.85. The van der Waals surface area contributed by atoms with Crippen molar-refractivity contribution in [2.45, 2.75) is 32.9 Å². The Labute approximate surface area is 92.3 Å². The molecule has 0 aromatic heterocycles. The first-order chi connectivity index (χ1) is 7.15. The van der Waals surface area contributed by atoms with E-state index in [1.54, 1.807) is 0 Å². The summed E-state index contributed by atoms with van der Waals surface area (Å²) in [5.74, 6) is 0.572. The highest BCUT2D eigenvalue weighted by Gasteiger charge is 2.14. The fourth-order valence-electron chi connectivity index (χ4n) is 1.45. The van der Waals surface area contributed by atoms with Gasteiger partial charge in [0.05, 0.1) is 12.6 Å². The summed E-state index contributed by atoms with van der Waals surface area (Å²) < 4.78 is 0. The predicted molar refractivity (Wildman–Crippen MR) is 63.7 cm³/mol. The molecule has 0 aliphatic rings. The zero-order valence-corrected chi connectivity index (χ0v) is 9.77. The summed E-state index contributed by atoms with van der Waals surface area (Å²) >= 11 is 0. The van der Waals surface area contributed by atoms with Gasteiger partial charge in [0.2, 0.25) is 0 Å². The molecular weight excluding hydrogens is 186 g/mol. The molecule has 1 rings (SSSR count). The van der Waals surface area contributed by atoms with E-state index in [1.807, 2.05) is 30.3 Å². The van der Waals surface area contributed by atoms with Crippen LogP contribution in [0.3, 0.4) is 0 Å². The lowest BCUT2D eigenvalue weighted by Gasteiger charge is -2.24. The fraction of sp³-hybridized carbons (Fsp3) is 0.538. The van der Waals surface area contributed by atoms with Crippen LogP contribution in [0.2, 0.25) is 0 Å². The molecule has 2 N–H and O–H groups in total. The number of hydrogen-bond acceptors (Lipinski definition) is 2. The molecule has 2 nitrogen and oxygen atoms in total.